The highest BCUT2D eigenvalue weighted by atomic mass is 32.5. The quantitative estimate of drug-likeness (QED) is 0.519. The number of rotatable bonds is 4. The van der Waals surface area contributed by atoms with Crippen molar-refractivity contribution < 1.29 is 29.0 Å². The zero-order valence-electron chi connectivity index (χ0n) is 9.84. The number of carbonyl (C=O) groups excluding carboxylic acids is 1. The van der Waals surface area contributed by atoms with Crippen molar-refractivity contribution in [2.45, 2.75) is 18.2 Å². The summed E-state index contributed by atoms with van der Waals surface area (Å²) in [4.78, 5) is 9.07. The molecule has 0 spiro atoms. The number of halogens is 5. The van der Waals surface area contributed by atoms with Crippen molar-refractivity contribution in [3.63, 3.8) is 0 Å². The summed E-state index contributed by atoms with van der Waals surface area (Å²) < 4.78 is 67.5. The van der Waals surface area contributed by atoms with Crippen molar-refractivity contribution in [2.75, 3.05) is 12.3 Å². The predicted molar refractivity (Wildman–Crippen MR) is 62.6 cm³/mol. The highest BCUT2D eigenvalue weighted by Gasteiger charge is 2.65. The molecule has 19 heavy (non-hydrogen) atoms. The summed E-state index contributed by atoms with van der Waals surface area (Å²) in [5.74, 6) is -0.839. The van der Waals surface area contributed by atoms with Gasteiger partial charge in [-0.05, 0) is 30.7 Å². The molecule has 1 rings (SSSR count). The molecule has 0 fully saturated rings. The second-order valence-electron chi connectivity index (χ2n) is 3.81. The molecule has 0 aliphatic rings. The molecule has 1 aromatic carbocycles. The van der Waals surface area contributed by atoms with Crippen LogP contribution < -0.4 is 5.73 Å². The lowest BCUT2D eigenvalue weighted by atomic mass is 10.1. The summed E-state index contributed by atoms with van der Waals surface area (Å²) in [6, 6.07) is 1.08. The summed E-state index contributed by atoms with van der Waals surface area (Å²) in [7, 11) is -9.77. The molecule has 0 saturated heterocycles. The van der Waals surface area contributed by atoms with Crippen LogP contribution in [0.1, 0.15) is 12.5 Å². The van der Waals surface area contributed by atoms with E-state index in [2.05, 4.69) is 4.74 Å². The summed E-state index contributed by atoms with van der Waals surface area (Å²) in [5.41, 5.74) is 4.83. The molecule has 3 nitrogen and oxygen atoms in total. The van der Waals surface area contributed by atoms with Crippen LogP contribution in [0.25, 0.3) is 0 Å². The summed E-state index contributed by atoms with van der Waals surface area (Å²) in [6.45, 7) is 1.53. The van der Waals surface area contributed by atoms with Crippen LogP contribution >= 0.6 is 10.2 Å². The van der Waals surface area contributed by atoms with Crippen LogP contribution in [0.3, 0.4) is 0 Å². The number of nitrogens with two attached hydrogens (primary N) is 1. The zero-order chi connectivity index (χ0) is 15.0. The molecular weight excluding hydrogens is 293 g/mol. The first kappa shape index (κ1) is 15.5. The minimum absolute atomic E-state index is 0.0278. The largest absolute Gasteiger partial charge is 0.466 e. The molecule has 110 valence electrons. The van der Waals surface area contributed by atoms with Gasteiger partial charge in [0, 0.05) is 5.69 Å². The topological polar surface area (TPSA) is 52.3 Å². The summed E-state index contributed by atoms with van der Waals surface area (Å²) in [6.07, 6.45) is -0.596. The summed E-state index contributed by atoms with van der Waals surface area (Å²) >= 11 is 0. The first-order valence-corrected chi connectivity index (χ1v) is 7.06. The molecule has 0 aliphatic heterocycles. The third kappa shape index (κ3) is 4.27. The number of benzene rings is 1. The zero-order valence-corrected chi connectivity index (χ0v) is 10.7. The molecule has 0 atom stereocenters. The average Bonchev–Trinajstić information content (AvgIpc) is 2.17. The van der Waals surface area contributed by atoms with Crippen molar-refractivity contribution in [1.29, 1.82) is 0 Å². The maximum absolute atomic E-state index is 12.6. The van der Waals surface area contributed by atoms with Gasteiger partial charge in [-0.1, -0.05) is 19.4 Å². The van der Waals surface area contributed by atoms with Crippen LogP contribution in [-0.4, -0.2) is 12.6 Å². The Hall–Kier alpha value is -1.51. The van der Waals surface area contributed by atoms with Crippen molar-refractivity contribution in [1.82, 2.24) is 0 Å². The fraction of sp³-hybridized carbons (Fsp3) is 0.300. The van der Waals surface area contributed by atoms with Gasteiger partial charge in [0.25, 0.3) is 0 Å². The fourth-order valence-corrected chi connectivity index (χ4v) is 2.03. The van der Waals surface area contributed by atoms with Gasteiger partial charge in [-0.15, -0.1) is 0 Å². The molecule has 0 bridgehead atoms. The Morgan fingerprint density at radius 3 is 2.32 bits per heavy atom. The monoisotopic (exact) mass is 305 g/mol. The number of nitrogen functional groups attached to an aromatic ring is 1. The number of ether oxygens (including phenoxy) is 1. The van der Waals surface area contributed by atoms with E-state index in [1.165, 1.54) is 6.92 Å². The van der Waals surface area contributed by atoms with E-state index >= 15 is 0 Å². The van der Waals surface area contributed by atoms with Crippen molar-refractivity contribution >= 4 is 21.9 Å². The summed E-state index contributed by atoms with van der Waals surface area (Å²) in [5, 5.41) is 0. The van der Waals surface area contributed by atoms with Crippen LogP contribution in [0.2, 0.25) is 0 Å². The maximum atomic E-state index is 12.6. The van der Waals surface area contributed by atoms with E-state index in [-0.39, 0.29) is 30.0 Å². The molecule has 1 aromatic rings. The molecule has 0 aliphatic carbocycles. The smallest absolute Gasteiger partial charge is 0.310 e. The van der Waals surface area contributed by atoms with E-state index in [0.29, 0.717) is 6.07 Å². The van der Waals surface area contributed by atoms with Crippen LogP contribution in [0.4, 0.5) is 25.1 Å². The molecule has 0 unspecified atom stereocenters. The van der Waals surface area contributed by atoms with E-state index in [4.69, 9.17) is 5.73 Å². The van der Waals surface area contributed by atoms with Gasteiger partial charge in [-0.3, -0.25) is 4.79 Å². The highest BCUT2D eigenvalue weighted by molar-refractivity contribution is 8.45. The van der Waals surface area contributed by atoms with Crippen molar-refractivity contribution in [2.24, 2.45) is 0 Å². The Bertz CT molecular complexity index is 514. The number of anilines is 1. The lowest BCUT2D eigenvalue weighted by Crippen LogP contribution is -2.11. The number of carbonyl (C=O) groups is 1. The van der Waals surface area contributed by atoms with E-state index in [1.807, 2.05) is 0 Å². The fourth-order valence-electron chi connectivity index (χ4n) is 1.34. The highest BCUT2D eigenvalue weighted by Crippen LogP contribution is 3.02. The van der Waals surface area contributed by atoms with Crippen LogP contribution in [0.5, 0.6) is 0 Å². The van der Waals surface area contributed by atoms with Crippen LogP contribution in [-0.2, 0) is 16.0 Å². The van der Waals surface area contributed by atoms with Crippen molar-refractivity contribution in [3.05, 3.63) is 23.8 Å². The maximum Gasteiger partial charge on any atom is 0.310 e. The molecule has 0 saturated carbocycles. The Balaban J connectivity index is 3.20. The Morgan fingerprint density at radius 1 is 1.26 bits per heavy atom. The van der Waals surface area contributed by atoms with Gasteiger partial charge < -0.3 is 10.5 Å². The van der Waals surface area contributed by atoms with Crippen LogP contribution in [0, 0.1) is 0 Å². The van der Waals surface area contributed by atoms with Gasteiger partial charge in [0.05, 0.1) is 13.0 Å². The number of esters is 1. The second-order valence-corrected chi connectivity index (χ2v) is 6.22. The molecule has 2 N–H and O–H groups in total. The van der Waals surface area contributed by atoms with Gasteiger partial charge in [0.1, 0.15) is 4.90 Å². The Morgan fingerprint density at radius 2 is 1.84 bits per heavy atom. The van der Waals surface area contributed by atoms with Gasteiger partial charge >= 0.3 is 16.2 Å². The first-order chi connectivity index (χ1) is 8.33. The molecular formula is C10H12F5NO2S. The third-order valence-electron chi connectivity index (χ3n) is 2.20. The van der Waals surface area contributed by atoms with E-state index in [9.17, 15) is 24.2 Å². The van der Waals surface area contributed by atoms with E-state index in [0.717, 1.165) is 0 Å². The van der Waals surface area contributed by atoms with Crippen LogP contribution in [0.15, 0.2) is 23.1 Å². The molecule has 9 heteroatoms. The first-order valence-electron chi connectivity index (χ1n) is 5.11. The molecule has 0 amide bonds. The third-order valence-corrected chi connectivity index (χ3v) is 3.34. The Labute approximate surface area is 106 Å². The minimum atomic E-state index is -9.77. The number of hydrogen-bond donors (Lipinski definition) is 1. The van der Waals surface area contributed by atoms with Gasteiger partial charge in [0.2, 0.25) is 0 Å². The predicted octanol–water partition coefficient (Wildman–Crippen LogP) is 4.03. The van der Waals surface area contributed by atoms with Gasteiger partial charge in [-0.25, -0.2) is 0 Å². The standard InChI is InChI=1S/C10H12F5NO2S/c1-2-18-10(17)6-7-5-8(3-4-9(7)16)19(11,12,13,14)15/h3-5H,2,6,16H2,1H3. The van der Waals surface area contributed by atoms with Crippen molar-refractivity contribution in [3.8, 4) is 0 Å². The minimum Gasteiger partial charge on any atom is -0.466 e. The molecule has 0 aromatic heterocycles. The van der Waals surface area contributed by atoms with Gasteiger partial charge in [0.15, 0.2) is 0 Å². The normalized spacial score (nSPS) is 15.5. The Kier molecular flexibility index (Phi) is 3.26. The lowest BCUT2D eigenvalue weighted by Gasteiger charge is -2.40. The molecule has 0 radical (unpaired) electrons. The molecule has 0 heterocycles. The SMILES string of the molecule is CCOC(=O)Cc1cc(S(F)(F)(F)(F)F)ccc1N. The van der Waals surface area contributed by atoms with E-state index in [1.54, 1.807) is 0 Å². The lowest BCUT2D eigenvalue weighted by molar-refractivity contribution is -0.142. The van der Waals surface area contributed by atoms with Gasteiger partial charge in [-0.2, -0.15) is 0 Å². The average molecular weight is 305 g/mol. The number of hydrogen-bond acceptors (Lipinski definition) is 3. The second kappa shape index (κ2) is 3.99. The van der Waals surface area contributed by atoms with E-state index < -0.39 is 27.5 Å².